The van der Waals surface area contributed by atoms with Crippen LogP contribution in [0, 0.1) is 11.3 Å². The molecule has 0 atom stereocenters. The maximum atomic E-state index is 8.76. The van der Waals surface area contributed by atoms with Crippen molar-refractivity contribution >= 4 is 16.9 Å². The molecule has 0 aliphatic rings. The first-order chi connectivity index (χ1) is 9.85. The summed E-state index contributed by atoms with van der Waals surface area (Å²) in [6, 6.07) is 9.54. The fourth-order valence-corrected chi connectivity index (χ4v) is 1.91. The van der Waals surface area contributed by atoms with Gasteiger partial charge in [0, 0.05) is 12.6 Å². The van der Waals surface area contributed by atoms with Crippen molar-refractivity contribution in [2.75, 3.05) is 11.9 Å². The highest BCUT2D eigenvalue weighted by molar-refractivity contribution is 5.72. The third-order valence-corrected chi connectivity index (χ3v) is 2.90. The molecular weight excluding hydrogens is 254 g/mol. The molecule has 3 aromatic rings. The third kappa shape index (κ3) is 2.57. The number of hydrogen-bond acceptors (Lipinski definition) is 6. The summed E-state index contributed by atoms with van der Waals surface area (Å²) in [5.41, 5.74) is 3.15. The summed E-state index contributed by atoms with van der Waals surface area (Å²) in [5.74, 6) is 0.650. The van der Waals surface area contributed by atoms with E-state index in [0.717, 1.165) is 23.1 Å². The van der Waals surface area contributed by atoms with Gasteiger partial charge in [-0.25, -0.2) is 15.0 Å². The zero-order valence-electron chi connectivity index (χ0n) is 10.6. The van der Waals surface area contributed by atoms with Crippen LogP contribution < -0.4 is 5.32 Å². The Morgan fingerprint density at radius 3 is 3.05 bits per heavy atom. The lowest BCUT2D eigenvalue weighted by Gasteiger charge is -2.05. The van der Waals surface area contributed by atoms with E-state index in [-0.39, 0.29) is 0 Å². The molecule has 0 aliphatic heterocycles. The van der Waals surface area contributed by atoms with Gasteiger partial charge in [0.25, 0.3) is 0 Å². The average molecular weight is 265 g/mol. The van der Waals surface area contributed by atoms with Crippen LogP contribution in [0.4, 0.5) is 5.82 Å². The van der Waals surface area contributed by atoms with Gasteiger partial charge in [0.1, 0.15) is 29.4 Å². The smallest absolute Gasteiger partial charge is 0.181 e. The van der Waals surface area contributed by atoms with Gasteiger partial charge in [-0.2, -0.15) is 5.26 Å². The van der Waals surface area contributed by atoms with Crippen molar-refractivity contribution in [3.05, 3.63) is 48.2 Å². The van der Waals surface area contributed by atoms with Crippen molar-refractivity contribution < 1.29 is 4.42 Å². The minimum absolute atomic E-state index is 0.352. The summed E-state index contributed by atoms with van der Waals surface area (Å²) in [6.07, 6.45) is 3.64. The van der Waals surface area contributed by atoms with Crippen LogP contribution in [-0.4, -0.2) is 21.5 Å². The van der Waals surface area contributed by atoms with Gasteiger partial charge >= 0.3 is 0 Å². The lowest BCUT2D eigenvalue weighted by Crippen LogP contribution is -2.06. The Morgan fingerprint density at radius 1 is 1.20 bits per heavy atom. The lowest BCUT2D eigenvalue weighted by molar-refractivity contribution is 0.601. The second-order valence-corrected chi connectivity index (χ2v) is 4.23. The van der Waals surface area contributed by atoms with Gasteiger partial charge in [0.2, 0.25) is 0 Å². The topological polar surface area (TPSA) is 87.6 Å². The van der Waals surface area contributed by atoms with Crippen LogP contribution in [0.5, 0.6) is 0 Å². The van der Waals surface area contributed by atoms with Crippen LogP contribution in [-0.2, 0) is 6.42 Å². The van der Waals surface area contributed by atoms with E-state index in [2.05, 4.69) is 20.3 Å². The van der Waals surface area contributed by atoms with E-state index in [1.807, 2.05) is 24.3 Å². The largest absolute Gasteiger partial charge is 0.443 e. The van der Waals surface area contributed by atoms with E-state index in [1.165, 1.54) is 12.7 Å². The Hall–Kier alpha value is -2.94. The van der Waals surface area contributed by atoms with Crippen molar-refractivity contribution in [3.63, 3.8) is 0 Å². The second kappa shape index (κ2) is 5.36. The number of fused-ring (bicyclic) bond motifs is 1. The zero-order valence-corrected chi connectivity index (χ0v) is 10.6. The number of nitrogens with zero attached hydrogens (tertiary/aromatic N) is 4. The molecule has 3 rings (SSSR count). The molecular formula is C14H11N5O. The number of anilines is 1. The maximum Gasteiger partial charge on any atom is 0.181 e. The van der Waals surface area contributed by atoms with Crippen molar-refractivity contribution in [2.24, 2.45) is 0 Å². The van der Waals surface area contributed by atoms with E-state index in [4.69, 9.17) is 9.68 Å². The van der Waals surface area contributed by atoms with Gasteiger partial charge in [0.15, 0.2) is 12.0 Å². The highest BCUT2D eigenvalue weighted by Gasteiger charge is 2.01. The van der Waals surface area contributed by atoms with E-state index in [0.29, 0.717) is 18.1 Å². The Bertz CT molecular complexity index is 774. The molecule has 20 heavy (non-hydrogen) atoms. The number of oxazole rings is 1. The summed E-state index contributed by atoms with van der Waals surface area (Å²) < 4.78 is 5.27. The van der Waals surface area contributed by atoms with Crippen LogP contribution in [0.2, 0.25) is 0 Å². The Morgan fingerprint density at radius 2 is 2.15 bits per heavy atom. The lowest BCUT2D eigenvalue weighted by atomic mass is 10.1. The highest BCUT2D eigenvalue weighted by Crippen LogP contribution is 2.14. The number of nitriles is 1. The minimum Gasteiger partial charge on any atom is -0.443 e. The van der Waals surface area contributed by atoms with Crippen molar-refractivity contribution in [2.45, 2.75) is 6.42 Å². The molecule has 98 valence electrons. The molecule has 1 N–H and O–H groups in total. The number of nitrogens with one attached hydrogen (secondary N) is 1. The van der Waals surface area contributed by atoms with Crippen LogP contribution in [0.25, 0.3) is 11.1 Å². The molecule has 0 radical (unpaired) electrons. The van der Waals surface area contributed by atoms with Crippen LogP contribution in [0.3, 0.4) is 0 Å². The summed E-state index contributed by atoms with van der Waals surface area (Å²) in [7, 11) is 0. The normalized spacial score (nSPS) is 10.3. The second-order valence-electron chi connectivity index (χ2n) is 4.23. The maximum absolute atomic E-state index is 8.76. The fraction of sp³-hybridized carbons (Fsp3) is 0.143. The minimum atomic E-state index is 0.352. The first-order valence-electron chi connectivity index (χ1n) is 6.13. The predicted octanol–water partition coefficient (Wildman–Crippen LogP) is 2.14. The quantitative estimate of drug-likeness (QED) is 0.777. The van der Waals surface area contributed by atoms with Gasteiger partial charge in [-0.15, -0.1) is 0 Å². The molecule has 2 heterocycles. The molecule has 0 amide bonds. The van der Waals surface area contributed by atoms with Crippen LogP contribution in [0.15, 0.2) is 41.4 Å². The van der Waals surface area contributed by atoms with Gasteiger partial charge in [-0.3, -0.25) is 0 Å². The number of rotatable bonds is 4. The molecule has 1 aromatic carbocycles. The Balaban J connectivity index is 1.63. The van der Waals surface area contributed by atoms with E-state index in [9.17, 15) is 0 Å². The van der Waals surface area contributed by atoms with E-state index < -0.39 is 0 Å². The summed E-state index contributed by atoms with van der Waals surface area (Å²) in [4.78, 5) is 12.0. The van der Waals surface area contributed by atoms with Gasteiger partial charge in [-0.05, 0) is 24.1 Å². The molecule has 0 unspecified atom stereocenters. The first kappa shape index (κ1) is 12.1. The number of aromatic nitrogens is 3. The molecule has 0 aliphatic carbocycles. The van der Waals surface area contributed by atoms with Crippen molar-refractivity contribution in [1.29, 1.82) is 5.26 Å². The average Bonchev–Trinajstić information content (AvgIpc) is 2.95. The molecule has 6 heteroatoms. The fourth-order valence-electron chi connectivity index (χ4n) is 1.91. The predicted molar refractivity (Wildman–Crippen MR) is 72.9 cm³/mol. The highest BCUT2D eigenvalue weighted by atomic mass is 16.3. The monoisotopic (exact) mass is 265 g/mol. The summed E-state index contributed by atoms with van der Waals surface area (Å²) in [5, 5.41) is 11.9. The van der Waals surface area contributed by atoms with Crippen molar-refractivity contribution in [1.82, 2.24) is 15.0 Å². The molecule has 0 bridgehead atoms. The number of benzene rings is 1. The molecule has 0 fully saturated rings. The summed E-state index contributed by atoms with van der Waals surface area (Å²) in [6.45, 7) is 0.710. The van der Waals surface area contributed by atoms with E-state index in [1.54, 1.807) is 6.07 Å². The third-order valence-electron chi connectivity index (χ3n) is 2.90. The molecule has 0 saturated carbocycles. The van der Waals surface area contributed by atoms with Gasteiger partial charge in [0.05, 0.1) is 0 Å². The molecule has 0 spiro atoms. The van der Waals surface area contributed by atoms with Gasteiger partial charge < -0.3 is 9.73 Å². The Labute approximate surface area is 115 Å². The van der Waals surface area contributed by atoms with E-state index >= 15 is 0 Å². The molecule has 0 saturated heterocycles. The zero-order chi connectivity index (χ0) is 13.8. The molecule has 2 aromatic heterocycles. The number of hydrogen-bond donors (Lipinski definition) is 1. The van der Waals surface area contributed by atoms with Crippen LogP contribution in [0.1, 0.15) is 11.3 Å². The molecule has 6 nitrogen and oxygen atoms in total. The summed E-state index contributed by atoms with van der Waals surface area (Å²) >= 11 is 0. The Kier molecular flexibility index (Phi) is 3.25. The SMILES string of the molecule is N#Cc1cc(NCCc2ccc3ncoc3c2)ncn1. The van der Waals surface area contributed by atoms with Crippen molar-refractivity contribution in [3.8, 4) is 6.07 Å². The first-order valence-corrected chi connectivity index (χ1v) is 6.13. The van der Waals surface area contributed by atoms with Gasteiger partial charge in [-0.1, -0.05) is 6.07 Å². The van der Waals surface area contributed by atoms with Crippen LogP contribution >= 0.6 is 0 Å². The standard InChI is InChI=1S/C14H11N5O/c15-7-11-6-14(18-8-17-11)16-4-3-10-1-2-12-13(5-10)20-9-19-12/h1-2,5-6,8-9H,3-4H2,(H,16,17,18).